The van der Waals surface area contributed by atoms with Crippen LogP contribution in [-0.2, 0) is 4.79 Å². The van der Waals surface area contributed by atoms with Gasteiger partial charge in [0.25, 0.3) is 0 Å². The lowest BCUT2D eigenvalue weighted by Crippen LogP contribution is -2.22. The van der Waals surface area contributed by atoms with Crippen LogP contribution in [0.2, 0.25) is 0 Å². The fraction of sp³-hybridized carbons (Fsp3) is 0.222. The van der Waals surface area contributed by atoms with Crippen molar-refractivity contribution < 1.29 is 14.3 Å². The Kier molecular flexibility index (Phi) is 3.23. The van der Waals surface area contributed by atoms with Crippen LogP contribution in [0, 0.1) is 12.7 Å². The van der Waals surface area contributed by atoms with Gasteiger partial charge in [-0.2, -0.15) is 0 Å². The second-order valence-corrected chi connectivity index (χ2v) is 3.79. The molecule has 0 saturated heterocycles. The van der Waals surface area contributed by atoms with Crippen LogP contribution < -0.4 is 5.73 Å². The Morgan fingerprint density at radius 2 is 2.21 bits per heavy atom. The first-order valence-electron chi connectivity index (χ1n) is 3.87. The van der Waals surface area contributed by atoms with Gasteiger partial charge in [0.1, 0.15) is 11.9 Å². The number of aliphatic carboxylic acids is 1. The minimum atomic E-state index is -1.32. The van der Waals surface area contributed by atoms with E-state index in [4.69, 9.17) is 10.8 Å². The number of carboxylic acids is 1. The SMILES string of the molecule is Cc1cc(C(N)C(=O)O)c(F)cc1Br. The maximum absolute atomic E-state index is 13.3. The highest BCUT2D eigenvalue weighted by Gasteiger charge is 2.19. The van der Waals surface area contributed by atoms with Crippen LogP contribution >= 0.6 is 15.9 Å². The zero-order valence-corrected chi connectivity index (χ0v) is 9.01. The van der Waals surface area contributed by atoms with Gasteiger partial charge in [-0.3, -0.25) is 4.79 Å². The molecule has 0 amide bonds. The molecule has 0 aliphatic rings. The molecule has 1 aromatic carbocycles. The maximum Gasteiger partial charge on any atom is 0.325 e. The van der Waals surface area contributed by atoms with E-state index in [1.807, 2.05) is 0 Å². The topological polar surface area (TPSA) is 63.3 Å². The fourth-order valence-corrected chi connectivity index (χ4v) is 1.37. The Hall–Kier alpha value is -0.940. The highest BCUT2D eigenvalue weighted by molar-refractivity contribution is 9.10. The van der Waals surface area contributed by atoms with E-state index >= 15 is 0 Å². The first kappa shape index (κ1) is 11.1. The van der Waals surface area contributed by atoms with Crippen LogP contribution in [0.3, 0.4) is 0 Å². The third-order valence-corrected chi connectivity index (χ3v) is 2.73. The summed E-state index contributed by atoms with van der Waals surface area (Å²) in [6.07, 6.45) is 0. The minimum absolute atomic E-state index is 0.00167. The molecule has 0 saturated carbocycles. The van der Waals surface area contributed by atoms with E-state index in [9.17, 15) is 9.18 Å². The number of nitrogens with two attached hydrogens (primary N) is 1. The van der Waals surface area contributed by atoms with Crippen LogP contribution in [0.25, 0.3) is 0 Å². The number of carboxylic acid groups (broad SMARTS) is 1. The summed E-state index contributed by atoms with van der Waals surface area (Å²) in [6.45, 7) is 1.74. The van der Waals surface area contributed by atoms with E-state index < -0.39 is 17.8 Å². The average Bonchev–Trinajstić information content (AvgIpc) is 2.10. The second kappa shape index (κ2) is 4.06. The molecule has 0 fully saturated rings. The number of halogens is 2. The van der Waals surface area contributed by atoms with Crippen molar-refractivity contribution in [3.8, 4) is 0 Å². The molecule has 0 bridgehead atoms. The van der Waals surface area contributed by atoms with Crippen LogP contribution in [-0.4, -0.2) is 11.1 Å². The van der Waals surface area contributed by atoms with Gasteiger partial charge in [-0.1, -0.05) is 15.9 Å². The predicted octanol–water partition coefficient (Wildman–Crippen LogP) is 1.98. The lowest BCUT2D eigenvalue weighted by Gasteiger charge is -2.09. The van der Waals surface area contributed by atoms with E-state index in [0.29, 0.717) is 4.47 Å². The maximum atomic E-state index is 13.3. The van der Waals surface area contributed by atoms with Gasteiger partial charge in [0, 0.05) is 10.0 Å². The number of hydrogen-bond acceptors (Lipinski definition) is 2. The standard InChI is InChI=1S/C9H9BrFNO2/c1-4-2-5(8(12)9(13)14)7(11)3-6(4)10/h2-3,8H,12H2,1H3,(H,13,14). The van der Waals surface area contributed by atoms with Gasteiger partial charge in [-0.15, -0.1) is 0 Å². The van der Waals surface area contributed by atoms with Crippen molar-refractivity contribution in [2.24, 2.45) is 5.73 Å². The van der Waals surface area contributed by atoms with Crippen molar-refractivity contribution in [1.82, 2.24) is 0 Å². The van der Waals surface area contributed by atoms with Gasteiger partial charge in [-0.05, 0) is 24.6 Å². The number of carbonyl (C=O) groups is 1. The molecule has 76 valence electrons. The summed E-state index contributed by atoms with van der Waals surface area (Å²) in [5, 5.41) is 8.62. The summed E-state index contributed by atoms with van der Waals surface area (Å²) in [7, 11) is 0. The van der Waals surface area contributed by atoms with E-state index in [1.54, 1.807) is 6.92 Å². The van der Waals surface area contributed by atoms with Gasteiger partial charge < -0.3 is 10.8 Å². The molecular formula is C9H9BrFNO2. The molecule has 14 heavy (non-hydrogen) atoms. The highest BCUT2D eigenvalue weighted by Crippen LogP contribution is 2.23. The zero-order valence-electron chi connectivity index (χ0n) is 7.42. The third kappa shape index (κ3) is 2.10. The minimum Gasteiger partial charge on any atom is -0.480 e. The molecule has 1 atom stereocenters. The predicted molar refractivity (Wildman–Crippen MR) is 53.4 cm³/mol. The number of rotatable bonds is 2. The number of hydrogen-bond donors (Lipinski definition) is 2. The fourth-order valence-electron chi connectivity index (χ4n) is 1.05. The van der Waals surface area contributed by atoms with E-state index in [1.165, 1.54) is 12.1 Å². The molecule has 0 radical (unpaired) electrons. The van der Waals surface area contributed by atoms with Crippen molar-refractivity contribution in [2.45, 2.75) is 13.0 Å². The largest absolute Gasteiger partial charge is 0.480 e. The van der Waals surface area contributed by atoms with E-state index in [0.717, 1.165) is 5.56 Å². The molecule has 3 nitrogen and oxygen atoms in total. The lowest BCUT2D eigenvalue weighted by molar-refractivity contribution is -0.138. The smallest absolute Gasteiger partial charge is 0.325 e. The van der Waals surface area contributed by atoms with Crippen LogP contribution in [0.1, 0.15) is 17.2 Å². The Morgan fingerprint density at radius 1 is 1.64 bits per heavy atom. The summed E-state index contributed by atoms with van der Waals surface area (Å²) >= 11 is 3.14. The molecule has 0 aliphatic carbocycles. The molecule has 0 spiro atoms. The summed E-state index contributed by atoms with van der Waals surface area (Å²) in [4.78, 5) is 10.5. The number of benzene rings is 1. The zero-order chi connectivity index (χ0) is 10.9. The summed E-state index contributed by atoms with van der Waals surface area (Å²) in [5.41, 5.74) is 6.05. The van der Waals surface area contributed by atoms with Gasteiger partial charge in [0.2, 0.25) is 0 Å². The normalized spacial score (nSPS) is 12.6. The quantitative estimate of drug-likeness (QED) is 0.856. The van der Waals surface area contributed by atoms with Crippen LogP contribution in [0.5, 0.6) is 0 Å². The molecular weight excluding hydrogens is 253 g/mol. The first-order chi connectivity index (χ1) is 6.43. The molecule has 1 rings (SSSR count). The summed E-state index contributed by atoms with van der Waals surface area (Å²) in [5.74, 6) is -1.86. The van der Waals surface area contributed by atoms with E-state index in [2.05, 4.69) is 15.9 Å². The van der Waals surface area contributed by atoms with Crippen molar-refractivity contribution in [1.29, 1.82) is 0 Å². The molecule has 3 N–H and O–H groups in total. The van der Waals surface area contributed by atoms with Crippen LogP contribution in [0.15, 0.2) is 16.6 Å². The second-order valence-electron chi connectivity index (χ2n) is 2.94. The average molecular weight is 262 g/mol. The Labute approximate surface area is 88.9 Å². The van der Waals surface area contributed by atoms with Crippen molar-refractivity contribution in [3.05, 3.63) is 33.5 Å². The molecule has 1 unspecified atom stereocenters. The Morgan fingerprint density at radius 3 is 2.71 bits per heavy atom. The van der Waals surface area contributed by atoms with Gasteiger partial charge in [-0.25, -0.2) is 4.39 Å². The van der Waals surface area contributed by atoms with E-state index in [-0.39, 0.29) is 5.56 Å². The summed E-state index contributed by atoms with van der Waals surface area (Å²) in [6, 6.07) is 1.33. The summed E-state index contributed by atoms with van der Waals surface area (Å²) < 4.78 is 13.9. The Bertz CT molecular complexity index is 381. The highest BCUT2D eigenvalue weighted by atomic mass is 79.9. The van der Waals surface area contributed by atoms with Gasteiger partial charge in [0.05, 0.1) is 0 Å². The monoisotopic (exact) mass is 261 g/mol. The van der Waals surface area contributed by atoms with Crippen molar-refractivity contribution >= 4 is 21.9 Å². The molecule has 1 aromatic rings. The first-order valence-corrected chi connectivity index (χ1v) is 4.66. The van der Waals surface area contributed by atoms with Gasteiger partial charge >= 0.3 is 5.97 Å². The molecule has 0 aromatic heterocycles. The molecule has 0 heterocycles. The van der Waals surface area contributed by atoms with Crippen LogP contribution in [0.4, 0.5) is 4.39 Å². The lowest BCUT2D eigenvalue weighted by atomic mass is 10.0. The molecule has 0 aliphatic heterocycles. The third-order valence-electron chi connectivity index (χ3n) is 1.88. The van der Waals surface area contributed by atoms with Crippen molar-refractivity contribution in [3.63, 3.8) is 0 Å². The Balaban J connectivity index is 3.22. The van der Waals surface area contributed by atoms with Crippen molar-refractivity contribution in [2.75, 3.05) is 0 Å². The number of aryl methyl sites for hydroxylation is 1. The molecule has 5 heteroatoms. The van der Waals surface area contributed by atoms with Gasteiger partial charge in [0.15, 0.2) is 0 Å².